The van der Waals surface area contributed by atoms with Crippen LogP contribution in [0.5, 0.6) is 11.5 Å². The number of amides is 2. The van der Waals surface area contributed by atoms with E-state index in [4.69, 9.17) is 9.47 Å². The first-order valence-corrected chi connectivity index (χ1v) is 9.25. The topological polar surface area (TPSA) is 76.1 Å². The second-order valence-electron chi connectivity index (χ2n) is 5.63. The molecule has 0 saturated heterocycles. The Hall–Kier alpha value is -2.77. The quantitative estimate of drug-likeness (QED) is 0.739. The van der Waals surface area contributed by atoms with Gasteiger partial charge >= 0.3 is 0 Å². The molecule has 2 aromatic carbocycles. The molecule has 0 atom stereocenters. The van der Waals surface area contributed by atoms with E-state index in [9.17, 15) is 14.7 Å². The number of imide groups is 1. The lowest BCUT2D eigenvalue weighted by atomic mass is 10.1. The fraction of sp³-hybridized carbons (Fsp3) is 0.200. The maximum absolute atomic E-state index is 13.1. The van der Waals surface area contributed by atoms with Crippen LogP contribution in [0.1, 0.15) is 5.56 Å². The third kappa shape index (κ3) is 3.56. The van der Waals surface area contributed by atoms with Gasteiger partial charge in [-0.2, -0.15) is 0 Å². The third-order valence-electron chi connectivity index (χ3n) is 4.07. The standard InChI is InChI=1S/C20H19NO5S/c1-25-15-9-8-13(12-16(15)26-2)17-18(27-11-10-22)20(24)21(19(17)23)14-6-4-3-5-7-14/h3-9,12,22H,10-11H2,1-2H3. The number of thioether (sulfide) groups is 1. The fourth-order valence-electron chi connectivity index (χ4n) is 2.85. The highest BCUT2D eigenvalue weighted by Crippen LogP contribution is 2.40. The zero-order valence-electron chi connectivity index (χ0n) is 15.0. The van der Waals surface area contributed by atoms with Gasteiger partial charge in [0.2, 0.25) is 0 Å². The minimum atomic E-state index is -0.404. The molecule has 0 radical (unpaired) electrons. The number of rotatable bonds is 7. The largest absolute Gasteiger partial charge is 0.493 e. The molecule has 140 valence electrons. The number of carbonyl (C=O) groups excluding carboxylic acids is 2. The summed E-state index contributed by atoms with van der Waals surface area (Å²) in [6.07, 6.45) is 0. The summed E-state index contributed by atoms with van der Waals surface area (Å²) in [5.41, 5.74) is 1.36. The van der Waals surface area contributed by atoms with Gasteiger partial charge in [-0.15, -0.1) is 11.8 Å². The van der Waals surface area contributed by atoms with E-state index in [1.165, 1.54) is 26.0 Å². The number of aliphatic hydroxyl groups is 1. The number of hydrogen-bond donors (Lipinski definition) is 1. The molecule has 1 aliphatic rings. The maximum Gasteiger partial charge on any atom is 0.272 e. The average Bonchev–Trinajstić information content (AvgIpc) is 2.95. The molecule has 6 nitrogen and oxygen atoms in total. The van der Waals surface area contributed by atoms with Crippen molar-refractivity contribution in [3.05, 3.63) is 59.0 Å². The number of aliphatic hydroxyl groups excluding tert-OH is 1. The summed E-state index contributed by atoms with van der Waals surface area (Å²) in [5.74, 6) is 0.511. The Labute approximate surface area is 161 Å². The van der Waals surface area contributed by atoms with E-state index in [-0.39, 0.29) is 6.61 Å². The molecule has 7 heteroatoms. The predicted octanol–water partition coefficient (Wildman–Crippen LogP) is 2.71. The molecule has 1 heterocycles. The van der Waals surface area contributed by atoms with Crippen LogP contribution in [0.2, 0.25) is 0 Å². The smallest absolute Gasteiger partial charge is 0.272 e. The molecule has 0 fully saturated rings. The SMILES string of the molecule is COc1ccc(C2=C(SCCO)C(=O)N(c3ccccc3)C2=O)cc1OC. The van der Waals surface area contributed by atoms with Crippen LogP contribution >= 0.6 is 11.8 Å². The molecule has 2 amide bonds. The number of para-hydroxylation sites is 1. The Morgan fingerprint density at radius 3 is 2.30 bits per heavy atom. The second-order valence-corrected chi connectivity index (χ2v) is 6.73. The average molecular weight is 385 g/mol. The van der Waals surface area contributed by atoms with E-state index in [1.807, 2.05) is 6.07 Å². The second kappa shape index (κ2) is 8.28. The van der Waals surface area contributed by atoms with Gasteiger partial charge in [0.15, 0.2) is 11.5 Å². The first kappa shape index (κ1) is 19.0. The number of nitrogens with zero attached hydrogens (tertiary/aromatic N) is 1. The van der Waals surface area contributed by atoms with Crippen molar-refractivity contribution < 1.29 is 24.2 Å². The molecule has 3 rings (SSSR count). The van der Waals surface area contributed by atoms with E-state index >= 15 is 0 Å². The highest BCUT2D eigenvalue weighted by molar-refractivity contribution is 8.04. The first-order chi connectivity index (χ1) is 13.1. The molecule has 27 heavy (non-hydrogen) atoms. The fourth-order valence-corrected chi connectivity index (χ4v) is 3.71. The van der Waals surface area contributed by atoms with E-state index in [2.05, 4.69) is 0 Å². The first-order valence-electron chi connectivity index (χ1n) is 8.26. The van der Waals surface area contributed by atoms with Crippen molar-refractivity contribution >= 4 is 34.8 Å². The zero-order chi connectivity index (χ0) is 19.4. The normalized spacial score (nSPS) is 14.1. The molecule has 2 aromatic rings. The number of benzene rings is 2. The molecule has 0 saturated carbocycles. The predicted molar refractivity (Wildman–Crippen MR) is 105 cm³/mol. The lowest BCUT2D eigenvalue weighted by Crippen LogP contribution is -2.31. The van der Waals surface area contributed by atoms with Crippen molar-refractivity contribution in [1.29, 1.82) is 0 Å². The van der Waals surface area contributed by atoms with Crippen LogP contribution in [0, 0.1) is 0 Å². The van der Waals surface area contributed by atoms with Gasteiger partial charge in [-0.1, -0.05) is 24.3 Å². The van der Waals surface area contributed by atoms with Gasteiger partial charge < -0.3 is 14.6 Å². The number of anilines is 1. The van der Waals surface area contributed by atoms with Crippen molar-refractivity contribution in [3.63, 3.8) is 0 Å². The highest BCUT2D eigenvalue weighted by atomic mass is 32.2. The van der Waals surface area contributed by atoms with E-state index in [0.717, 1.165) is 4.90 Å². The third-order valence-corrected chi connectivity index (χ3v) is 5.12. The van der Waals surface area contributed by atoms with E-state index in [1.54, 1.807) is 42.5 Å². The minimum absolute atomic E-state index is 0.0970. The van der Waals surface area contributed by atoms with Crippen molar-refractivity contribution in [2.24, 2.45) is 0 Å². The van der Waals surface area contributed by atoms with Crippen molar-refractivity contribution in [2.75, 3.05) is 31.5 Å². The molecular weight excluding hydrogens is 366 g/mol. The monoisotopic (exact) mass is 385 g/mol. The number of ether oxygens (including phenoxy) is 2. The number of methoxy groups -OCH3 is 2. The van der Waals surface area contributed by atoms with Gasteiger partial charge in [-0.25, -0.2) is 4.90 Å². The van der Waals surface area contributed by atoms with Gasteiger partial charge in [-0.3, -0.25) is 9.59 Å². The molecule has 0 unspecified atom stereocenters. The van der Waals surface area contributed by atoms with Crippen molar-refractivity contribution in [3.8, 4) is 11.5 Å². The maximum atomic E-state index is 13.1. The van der Waals surface area contributed by atoms with Crippen molar-refractivity contribution in [1.82, 2.24) is 0 Å². The lowest BCUT2D eigenvalue weighted by Gasteiger charge is -2.15. The summed E-state index contributed by atoms with van der Waals surface area (Å²) >= 11 is 1.17. The summed E-state index contributed by atoms with van der Waals surface area (Å²) < 4.78 is 10.6. The molecule has 0 aliphatic carbocycles. The van der Waals surface area contributed by atoms with Crippen LogP contribution in [0.25, 0.3) is 5.57 Å². The summed E-state index contributed by atoms with van der Waals surface area (Å²) in [5, 5.41) is 9.18. The summed E-state index contributed by atoms with van der Waals surface area (Å²) in [6.45, 7) is -0.0970. The molecule has 1 aliphatic heterocycles. The van der Waals surface area contributed by atoms with Crippen LogP contribution in [0.4, 0.5) is 5.69 Å². The van der Waals surface area contributed by atoms with Gasteiger partial charge in [0.05, 0.1) is 37.0 Å². The minimum Gasteiger partial charge on any atom is -0.493 e. The van der Waals surface area contributed by atoms with E-state index < -0.39 is 11.8 Å². The van der Waals surface area contributed by atoms with Gasteiger partial charge in [-0.05, 0) is 29.8 Å². The summed E-state index contributed by atoms with van der Waals surface area (Å²) in [4.78, 5) is 27.6. The number of carbonyl (C=O) groups is 2. The van der Waals surface area contributed by atoms with Gasteiger partial charge in [0, 0.05) is 5.75 Å². The van der Waals surface area contributed by atoms with Crippen LogP contribution in [0.3, 0.4) is 0 Å². The summed E-state index contributed by atoms with van der Waals surface area (Å²) in [7, 11) is 3.04. The molecule has 0 bridgehead atoms. The Morgan fingerprint density at radius 2 is 1.67 bits per heavy atom. The molecule has 1 N–H and O–H groups in total. The Balaban J connectivity index is 2.10. The lowest BCUT2D eigenvalue weighted by molar-refractivity contribution is -0.119. The van der Waals surface area contributed by atoms with Gasteiger partial charge in [0.1, 0.15) is 0 Å². The van der Waals surface area contributed by atoms with Crippen LogP contribution in [-0.4, -0.2) is 43.5 Å². The van der Waals surface area contributed by atoms with Crippen LogP contribution in [0.15, 0.2) is 53.4 Å². The Bertz CT molecular complexity index is 895. The zero-order valence-corrected chi connectivity index (χ0v) is 15.8. The van der Waals surface area contributed by atoms with Gasteiger partial charge in [0.25, 0.3) is 11.8 Å². The number of hydrogen-bond acceptors (Lipinski definition) is 6. The van der Waals surface area contributed by atoms with Crippen molar-refractivity contribution in [2.45, 2.75) is 0 Å². The van der Waals surface area contributed by atoms with Crippen LogP contribution < -0.4 is 14.4 Å². The molecular formula is C20H19NO5S. The molecule has 0 aromatic heterocycles. The van der Waals surface area contributed by atoms with E-state index in [0.29, 0.717) is 39.0 Å². The van der Waals surface area contributed by atoms with Crippen LogP contribution in [-0.2, 0) is 9.59 Å². The summed E-state index contributed by atoms with van der Waals surface area (Å²) in [6, 6.07) is 13.9. The Kier molecular flexibility index (Phi) is 5.83. The Morgan fingerprint density at radius 1 is 0.963 bits per heavy atom. The highest BCUT2D eigenvalue weighted by Gasteiger charge is 2.40. The molecule has 0 spiro atoms.